The molecular weight excluding hydrogens is 242 g/mol. The Labute approximate surface area is 114 Å². The van der Waals surface area contributed by atoms with Crippen LogP contribution in [0.15, 0.2) is 24.3 Å². The maximum absolute atomic E-state index is 5.92. The maximum Gasteiger partial charge on any atom is 0.123 e. The number of rotatable bonds is 7. The number of thioether (sulfide) groups is 1. The van der Waals surface area contributed by atoms with E-state index in [1.54, 1.807) is 0 Å². The molecule has 0 saturated carbocycles. The quantitative estimate of drug-likeness (QED) is 0.765. The largest absolute Gasteiger partial charge is 0.488 e. The average Bonchev–Trinajstić information content (AvgIpc) is 2.79. The summed E-state index contributed by atoms with van der Waals surface area (Å²) in [5.74, 6) is 3.53. The summed E-state index contributed by atoms with van der Waals surface area (Å²) in [6, 6.07) is 8.94. The topological polar surface area (TPSA) is 21.3 Å². The molecule has 0 radical (unpaired) electrons. The highest BCUT2D eigenvalue weighted by Gasteiger charge is 2.22. The van der Waals surface area contributed by atoms with Crippen LogP contribution in [0.25, 0.3) is 0 Å². The van der Waals surface area contributed by atoms with E-state index in [1.807, 2.05) is 17.8 Å². The second-order valence-electron chi connectivity index (χ2n) is 4.85. The third kappa shape index (κ3) is 3.92. The lowest BCUT2D eigenvalue weighted by molar-refractivity contribution is 0.222. The van der Waals surface area contributed by atoms with Crippen LogP contribution in [-0.2, 0) is 6.42 Å². The van der Waals surface area contributed by atoms with Crippen molar-refractivity contribution in [2.24, 2.45) is 0 Å². The van der Waals surface area contributed by atoms with Gasteiger partial charge in [0.2, 0.25) is 0 Å². The van der Waals surface area contributed by atoms with Crippen LogP contribution in [0.3, 0.4) is 0 Å². The van der Waals surface area contributed by atoms with Gasteiger partial charge in [0.1, 0.15) is 11.9 Å². The molecule has 1 aliphatic rings. The second kappa shape index (κ2) is 7.05. The van der Waals surface area contributed by atoms with E-state index >= 15 is 0 Å². The van der Waals surface area contributed by atoms with Crippen molar-refractivity contribution in [3.05, 3.63) is 29.8 Å². The van der Waals surface area contributed by atoms with E-state index in [-0.39, 0.29) is 0 Å². The summed E-state index contributed by atoms with van der Waals surface area (Å²) in [5.41, 5.74) is 1.35. The normalized spacial score (nSPS) is 19.3. The molecule has 0 fully saturated rings. The predicted molar refractivity (Wildman–Crippen MR) is 79.6 cm³/mol. The lowest BCUT2D eigenvalue weighted by Crippen LogP contribution is -2.36. The molecule has 0 spiro atoms. The molecule has 0 bridgehead atoms. The van der Waals surface area contributed by atoms with E-state index in [0.717, 1.165) is 18.7 Å². The van der Waals surface area contributed by atoms with Crippen LogP contribution >= 0.6 is 11.8 Å². The van der Waals surface area contributed by atoms with Crippen LogP contribution in [0.4, 0.5) is 0 Å². The summed E-state index contributed by atoms with van der Waals surface area (Å²) >= 11 is 2.01. The molecule has 1 aromatic rings. The fraction of sp³-hybridized carbons (Fsp3) is 0.600. The van der Waals surface area contributed by atoms with E-state index in [2.05, 4.69) is 37.4 Å². The molecule has 18 heavy (non-hydrogen) atoms. The SMILES string of the molecule is CCSCCC(C)NCC1Cc2ccccc2O1. The first-order valence-electron chi connectivity index (χ1n) is 6.85. The molecule has 0 aliphatic carbocycles. The van der Waals surface area contributed by atoms with Gasteiger partial charge >= 0.3 is 0 Å². The molecule has 3 heteroatoms. The second-order valence-corrected chi connectivity index (χ2v) is 6.24. The van der Waals surface area contributed by atoms with E-state index < -0.39 is 0 Å². The standard InChI is InChI=1S/C15H23NOS/c1-3-18-9-8-12(2)16-11-14-10-13-6-4-5-7-15(13)17-14/h4-7,12,14,16H,3,8-11H2,1-2H3. The molecule has 2 atom stereocenters. The van der Waals surface area contributed by atoms with Gasteiger partial charge in [-0.05, 0) is 36.5 Å². The van der Waals surface area contributed by atoms with Crippen molar-refractivity contribution in [3.63, 3.8) is 0 Å². The van der Waals surface area contributed by atoms with Crippen LogP contribution in [0.1, 0.15) is 25.8 Å². The highest BCUT2D eigenvalue weighted by molar-refractivity contribution is 7.99. The van der Waals surface area contributed by atoms with Gasteiger partial charge in [0.15, 0.2) is 0 Å². The van der Waals surface area contributed by atoms with Gasteiger partial charge in [-0.3, -0.25) is 0 Å². The fourth-order valence-corrected chi connectivity index (χ4v) is 3.02. The first-order valence-corrected chi connectivity index (χ1v) is 8.00. The monoisotopic (exact) mass is 265 g/mol. The van der Waals surface area contributed by atoms with Crippen molar-refractivity contribution in [3.8, 4) is 5.75 Å². The van der Waals surface area contributed by atoms with Crippen molar-refractivity contribution in [1.82, 2.24) is 5.32 Å². The van der Waals surface area contributed by atoms with Gasteiger partial charge in [0, 0.05) is 19.0 Å². The van der Waals surface area contributed by atoms with Gasteiger partial charge in [-0.25, -0.2) is 0 Å². The van der Waals surface area contributed by atoms with Crippen LogP contribution in [0.5, 0.6) is 5.75 Å². The molecular formula is C15H23NOS. The van der Waals surface area contributed by atoms with Gasteiger partial charge in [-0.2, -0.15) is 11.8 Å². The summed E-state index contributed by atoms with van der Waals surface area (Å²) in [6.07, 6.45) is 2.58. The first kappa shape index (κ1) is 13.8. The minimum atomic E-state index is 0.309. The van der Waals surface area contributed by atoms with Crippen molar-refractivity contribution >= 4 is 11.8 Å². The zero-order chi connectivity index (χ0) is 12.8. The highest BCUT2D eigenvalue weighted by atomic mass is 32.2. The van der Waals surface area contributed by atoms with E-state index in [0.29, 0.717) is 12.1 Å². The van der Waals surface area contributed by atoms with Crippen molar-refractivity contribution < 1.29 is 4.74 Å². The van der Waals surface area contributed by atoms with Gasteiger partial charge in [0.25, 0.3) is 0 Å². The molecule has 2 nitrogen and oxygen atoms in total. The number of hydrogen-bond donors (Lipinski definition) is 1. The smallest absolute Gasteiger partial charge is 0.123 e. The summed E-state index contributed by atoms with van der Waals surface area (Å²) in [6.45, 7) is 5.43. The van der Waals surface area contributed by atoms with Crippen molar-refractivity contribution in [2.45, 2.75) is 38.8 Å². The maximum atomic E-state index is 5.92. The Morgan fingerprint density at radius 1 is 1.44 bits per heavy atom. The van der Waals surface area contributed by atoms with Gasteiger partial charge in [-0.15, -0.1) is 0 Å². The fourth-order valence-electron chi connectivity index (χ4n) is 2.21. The Morgan fingerprint density at radius 3 is 3.06 bits per heavy atom. The summed E-state index contributed by atoms with van der Waals surface area (Å²) in [7, 11) is 0. The molecule has 0 amide bonds. The summed E-state index contributed by atoms with van der Waals surface area (Å²) < 4.78 is 5.92. The van der Waals surface area contributed by atoms with Crippen molar-refractivity contribution in [1.29, 1.82) is 0 Å². The van der Waals surface area contributed by atoms with Gasteiger partial charge < -0.3 is 10.1 Å². The zero-order valence-corrected chi connectivity index (χ0v) is 12.1. The Balaban J connectivity index is 1.67. The van der Waals surface area contributed by atoms with E-state index in [1.165, 1.54) is 23.5 Å². The Kier molecular flexibility index (Phi) is 5.39. The van der Waals surface area contributed by atoms with Crippen LogP contribution in [0.2, 0.25) is 0 Å². The third-order valence-electron chi connectivity index (χ3n) is 3.31. The van der Waals surface area contributed by atoms with Crippen LogP contribution in [-0.4, -0.2) is 30.2 Å². The molecule has 1 aromatic carbocycles. The molecule has 2 unspecified atom stereocenters. The van der Waals surface area contributed by atoms with Crippen LogP contribution < -0.4 is 10.1 Å². The number of ether oxygens (including phenoxy) is 1. The molecule has 1 heterocycles. The molecule has 2 rings (SSSR count). The Morgan fingerprint density at radius 2 is 2.28 bits per heavy atom. The number of nitrogens with one attached hydrogen (secondary N) is 1. The van der Waals surface area contributed by atoms with Gasteiger partial charge in [-0.1, -0.05) is 25.1 Å². The minimum absolute atomic E-state index is 0.309. The number of benzene rings is 1. The highest BCUT2D eigenvalue weighted by Crippen LogP contribution is 2.27. The lowest BCUT2D eigenvalue weighted by atomic mass is 10.1. The molecule has 1 N–H and O–H groups in total. The van der Waals surface area contributed by atoms with E-state index in [9.17, 15) is 0 Å². The summed E-state index contributed by atoms with van der Waals surface area (Å²) in [4.78, 5) is 0. The molecule has 100 valence electrons. The Bertz CT molecular complexity index is 344. The van der Waals surface area contributed by atoms with Gasteiger partial charge in [0.05, 0.1) is 0 Å². The number of fused-ring (bicyclic) bond motifs is 1. The third-order valence-corrected chi connectivity index (χ3v) is 4.24. The Hall–Kier alpha value is -0.670. The zero-order valence-electron chi connectivity index (χ0n) is 11.3. The van der Waals surface area contributed by atoms with E-state index in [4.69, 9.17) is 4.74 Å². The predicted octanol–water partition coefficient (Wildman–Crippen LogP) is 3.11. The van der Waals surface area contributed by atoms with Crippen molar-refractivity contribution in [2.75, 3.05) is 18.1 Å². The minimum Gasteiger partial charge on any atom is -0.488 e. The molecule has 0 aromatic heterocycles. The molecule has 0 saturated heterocycles. The number of para-hydroxylation sites is 1. The average molecular weight is 265 g/mol. The molecule has 1 aliphatic heterocycles. The first-order chi connectivity index (χ1) is 8.79. The van der Waals surface area contributed by atoms with Crippen LogP contribution in [0, 0.1) is 0 Å². The lowest BCUT2D eigenvalue weighted by Gasteiger charge is -2.17. The number of hydrogen-bond acceptors (Lipinski definition) is 3. The summed E-state index contributed by atoms with van der Waals surface area (Å²) in [5, 5.41) is 3.58.